The van der Waals surface area contributed by atoms with Crippen molar-refractivity contribution >= 4 is 0 Å². The zero-order valence-corrected chi connectivity index (χ0v) is 9.28. The monoisotopic (exact) mass is 182 g/mol. The first kappa shape index (κ1) is 12.5. The van der Waals surface area contributed by atoms with Gasteiger partial charge in [0.25, 0.3) is 0 Å². The smallest absolute Gasteiger partial charge is 0.0224 e. The van der Waals surface area contributed by atoms with Gasteiger partial charge in [-0.15, -0.1) is 11.8 Å². The maximum absolute atomic E-state index is 5.46. The molecule has 2 nitrogen and oxygen atoms in total. The van der Waals surface area contributed by atoms with Gasteiger partial charge in [0, 0.05) is 12.5 Å². The van der Waals surface area contributed by atoms with Gasteiger partial charge in [-0.2, -0.15) is 0 Å². The van der Waals surface area contributed by atoms with E-state index in [0.717, 1.165) is 19.3 Å². The number of rotatable bonds is 4. The summed E-state index contributed by atoms with van der Waals surface area (Å²) in [5, 5.41) is 0. The molecule has 0 rings (SSSR count). The standard InChI is InChI=1S/C11H22N2/c1-5-6-7-8-10(13-12)9-11(2,3)4/h10,13H,7-9,12H2,1-4H3. The van der Waals surface area contributed by atoms with E-state index in [-0.39, 0.29) is 0 Å². The molecule has 0 aliphatic heterocycles. The summed E-state index contributed by atoms with van der Waals surface area (Å²) in [4.78, 5) is 0. The van der Waals surface area contributed by atoms with Crippen LogP contribution in [0.15, 0.2) is 0 Å². The van der Waals surface area contributed by atoms with Crippen molar-refractivity contribution in [3.8, 4) is 11.8 Å². The normalized spacial score (nSPS) is 13.3. The Morgan fingerprint density at radius 2 is 2.00 bits per heavy atom. The van der Waals surface area contributed by atoms with E-state index in [2.05, 4.69) is 38.0 Å². The highest BCUT2D eigenvalue weighted by Gasteiger charge is 2.16. The summed E-state index contributed by atoms with van der Waals surface area (Å²) in [6.45, 7) is 8.54. The Hall–Kier alpha value is -0.520. The van der Waals surface area contributed by atoms with Gasteiger partial charge >= 0.3 is 0 Å². The second kappa shape index (κ2) is 6.01. The van der Waals surface area contributed by atoms with Gasteiger partial charge < -0.3 is 0 Å². The van der Waals surface area contributed by atoms with E-state index in [1.54, 1.807) is 0 Å². The summed E-state index contributed by atoms with van der Waals surface area (Å²) in [7, 11) is 0. The van der Waals surface area contributed by atoms with Crippen molar-refractivity contribution < 1.29 is 0 Å². The van der Waals surface area contributed by atoms with Gasteiger partial charge in [-0.25, -0.2) is 0 Å². The average molecular weight is 182 g/mol. The number of hydrazine groups is 1. The highest BCUT2D eigenvalue weighted by Crippen LogP contribution is 2.22. The topological polar surface area (TPSA) is 38.0 Å². The van der Waals surface area contributed by atoms with E-state index in [0.29, 0.717) is 11.5 Å². The van der Waals surface area contributed by atoms with Gasteiger partial charge in [0.05, 0.1) is 0 Å². The van der Waals surface area contributed by atoms with E-state index in [1.165, 1.54) is 0 Å². The van der Waals surface area contributed by atoms with E-state index in [9.17, 15) is 0 Å². The van der Waals surface area contributed by atoms with E-state index in [4.69, 9.17) is 5.84 Å². The van der Waals surface area contributed by atoms with Gasteiger partial charge in [0.15, 0.2) is 0 Å². The number of nitrogens with one attached hydrogen (secondary N) is 1. The summed E-state index contributed by atoms with van der Waals surface area (Å²) in [6, 6.07) is 0.390. The van der Waals surface area contributed by atoms with Crippen LogP contribution in [0.1, 0.15) is 47.0 Å². The molecule has 1 atom stereocenters. The Bertz CT molecular complexity index is 180. The first-order valence-corrected chi connectivity index (χ1v) is 4.85. The molecule has 0 aromatic heterocycles. The lowest BCUT2D eigenvalue weighted by Crippen LogP contribution is -2.37. The van der Waals surface area contributed by atoms with Crippen LogP contribution in [0.25, 0.3) is 0 Å². The minimum atomic E-state index is 0.330. The molecule has 0 radical (unpaired) electrons. The van der Waals surface area contributed by atoms with Gasteiger partial charge in [-0.3, -0.25) is 11.3 Å². The van der Waals surface area contributed by atoms with Crippen LogP contribution < -0.4 is 11.3 Å². The predicted molar refractivity (Wildman–Crippen MR) is 57.9 cm³/mol. The molecule has 0 fully saturated rings. The summed E-state index contributed by atoms with van der Waals surface area (Å²) in [6.07, 6.45) is 3.06. The molecule has 3 N–H and O–H groups in total. The van der Waals surface area contributed by atoms with Gasteiger partial charge in [0.1, 0.15) is 0 Å². The van der Waals surface area contributed by atoms with Crippen LogP contribution >= 0.6 is 0 Å². The van der Waals surface area contributed by atoms with Crippen molar-refractivity contribution in [2.24, 2.45) is 11.3 Å². The molecule has 0 aliphatic carbocycles. The molecule has 0 heterocycles. The van der Waals surface area contributed by atoms with Gasteiger partial charge in [-0.1, -0.05) is 20.8 Å². The fourth-order valence-corrected chi connectivity index (χ4v) is 1.35. The third-order valence-corrected chi connectivity index (χ3v) is 1.89. The van der Waals surface area contributed by atoms with Crippen LogP contribution in [0.3, 0.4) is 0 Å². The maximum Gasteiger partial charge on any atom is 0.0224 e. The van der Waals surface area contributed by atoms with Gasteiger partial charge in [0.2, 0.25) is 0 Å². The molecule has 0 spiro atoms. The van der Waals surface area contributed by atoms with Crippen molar-refractivity contribution in [1.29, 1.82) is 0 Å². The summed E-state index contributed by atoms with van der Waals surface area (Å²) in [5.74, 6) is 11.4. The van der Waals surface area contributed by atoms with Crippen molar-refractivity contribution in [3.05, 3.63) is 0 Å². The number of nitrogens with two attached hydrogens (primary N) is 1. The highest BCUT2D eigenvalue weighted by atomic mass is 15.2. The fraction of sp³-hybridized carbons (Fsp3) is 0.818. The number of hydrogen-bond acceptors (Lipinski definition) is 2. The Labute approximate surface area is 82.2 Å². The van der Waals surface area contributed by atoms with E-state index >= 15 is 0 Å². The molecule has 0 saturated heterocycles. The van der Waals surface area contributed by atoms with Gasteiger partial charge in [-0.05, 0) is 25.2 Å². The van der Waals surface area contributed by atoms with Crippen molar-refractivity contribution in [1.82, 2.24) is 5.43 Å². The third kappa shape index (κ3) is 7.83. The van der Waals surface area contributed by atoms with Crippen molar-refractivity contribution in [3.63, 3.8) is 0 Å². The Morgan fingerprint density at radius 3 is 2.38 bits per heavy atom. The van der Waals surface area contributed by atoms with E-state index < -0.39 is 0 Å². The summed E-state index contributed by atoms with van der Waals surface area (Å²) < 4.78 is 0. The van der Waals surface area contributed by atoms with Crippen LogP contribution in [0, 0.1) is 17.3 Å². The zero-order chi connectivity index (χ0) is 10.3. The molecule has 0 bridgehead atoms. The lowest BCUT2D eigenvalue weighted by Gasteiger charge is -2.24. The molecule has 0 aromatic carbocycles. The molecule has 1 unspecified atom stereocenters. The third-order valence-electron chi connectivity index (χ3n) is 1.89. The SMILES string of the molecule is CC#CCCC(CC(C)(C)C)NN. The lowest BCUT2D eigenvalue weighted by atomic mass is 9.87. The lowest BCUT2D eigenvalue weighted by molar-refractivity contribution is 0.301. The Balaban J connectivity index is 3.80. The van der Waals surface area contributed by atoms with Crippen LogP contribution in [0.5, 0.6) is 0 Å². The minimum absolute atomic E-state index is 0.330. The molecule has 0 aromatic rings. The predicted octanol–water partition coefficient (Wildman–Crippen LogP) is 2.06. The quantitative estimate of drug-likeness (QED) is 0.397. The van der Waals surface area contributed by atoms with Crippen molar-refractivity contribution in [2.75, 3.05) is 0 Å². The van der Waals surface area contributed by atoms with Crippen molar-refractivity contribution in [2.45, 2.75) is 53.0 Å². The largest absolute Gasteiger partial charge is 0.271 e. The first-order valence-electron chi connectivity index (χ1n) is 4.85. The zero-order valence-electron chi connectivity index (χ0n) is 9.28. The van der Waals surface area contributed by atoms with Crippen LogP contribution in [0.4, 0.5) is 0 Å². The molecule has 13 heavy (non-hydrogen) atoms. The molecule has 76 valence electrons. The van der Waals surface area contributed by atoms with Crippen LogP contribution in [-0.2, 0) is 0 Å². The number of hydrogen-bond donors (Lipinski definition) is 2. The molecule has 0 aliphatic rings. The Morgan fingerprint density at radius 1 is 1.38 bits per heavy atom. The average Bonchev–Trinajstić information content (AvgIpc) is 2.01. The summed E-state index contributed by atoms with van der Waals surface area (Å²) >= 11 is 0. The molecule has 0 amide bonds. The second-order valence-corrected chi connectivity index (χ2v) is 4.59. The maximum atomic E-state index is 5.46. The van der Waals surface area contributed by atoms with Crippen LogP contribution in [0.2, 0.25) is 0 Å². The minimum Gasteiger partial charge on any atom is -0.271 e. The first-order chi connectivity index (χ1) is 5.99. The summed E-state index contributed by atoms with van der Waals surface area (Å²) in [5.41, 5.74) is 3.18. The molecule has 0 saturated carbocycles. The van der Waals surface area contributed by atoms with Crippen LogP contribution in [-0.4, -0.2) is 6.04 Å². The Kier molecular flexibility index (Phi) is 5.77. The molecule has 2 heteroatoms. The highest BCUT2D eigenvalue weighted by molar-refractivity contribution is 4.95. The molecular formula is C11H22N2. The van der Waals surface area contributed by atoms with E-state index in [1.807, 2.05) is 6.92 Å². The fourth-order valence-electron chi connectivity index (χ4n) is 1.35. The molecular weight excluding hydrogens is 160 g/mol. The second-order valence-electron chi connectivity index (χ2n) is 4.59.